The molecule has 6 nitrogen and oxygen atoms in total. The van der Waals surface area contributed by atoms with E-state index in [0.29, 0.717) is 5.56 Å². The molecule has 2 atom stereocenters. The van der Waals surface area contributed by atoms with E-state index in [2.05, 4.69) is 9.97 Å². The van der Waals surface area contributed by atoms with Crippen LogP contribution in [0.5, 0.6) is 0 Å². The number of carbonyl (C=O) groups excluding carboxylic acids is 1. The molecule has 0 saturated heterocycles. The summed E-state index contributed by atoms with van der Waals surface area (Å²) >= 11 is 0. The molecule has 0 unspecified atom stereocenters. The lowest BCUT2D eigenvalue weighted by atomic mass is 10.1. The molecule has 1 heterocycles. The first-order valence-electron chi connectivity index (χ1n) is 7.18. The Morgan fingerprint density at radius 1 is 1.24 bits per heavy atom. The molecule has 1 aliphatic carbocycles. The molecule has 1 aromatic carbocycles. The van der Waals surface area contributed by atoms with Gasteiger partial charge in [0.2, 0.25) is 5.91 Å². The molecule has 1 aliphatic rings. The summed E-state index contributed by atoms with van der Waals surface area (Å²) in [4.78, 5) is 19.3. The van der Waals surface area contributed by atoms with E-state index < -0.39 is 44.5 Å². The molecule has 1 aromatic heterocycles. The molecule has 1 amide bonds. The fraction of sp³-hybridized carbons (Fsp3) is 0.267. The van der Waals surface area contributed by atoms with Crippen molar-refractivity contribution in [3.8, 4) is 0 Å². The van der Waals surface area contributed by atoms with Gasteiger partial charge in [0.1, 0.15) is 0 Å². The van der Waals surface area contributed by atoms with Gasteiger partial charge in [-0.3, -0.25) is 9.78 Å². The van der Waals surface area contributed by atoms with Crippen molar-refractivity contribution >= 4 is 15.9 Å². The van der Waals surface area contributed by atoms with Gasteiger partial charge < -0.3 is 0 Å². The second-order valence-electron chi connectivity index (χ2n) is 5.59. The Bertz CT molecular complexity index is 901. The molecule has 0 radical (unpaired) electrons. The van der Waals surface area contributed by atoms with Crippen LogP contribution in [-0.2, 0) is 21.0 Å². The number of sulfonamides is 1. The minimum atomic E-state index is -4.47. The molecule has 1 fully saturated rings. The summed E-state index contributed by atoms with van der Waals surface area (Å²) < 4.78 is 64.2. The Morgan fingerprint density at radius 2 is 2.00 bits per heavy atom. The van der Waals surface area contributed by atoms with Gasteiger partial charge in [-0.25, -0.2) is 9.71 Å². The average Bonchev–Trinajstić information content (AvgIpc) is 3.35. The van der Waals surface area contributed by atoms with Crippen molar-refractivity contribution in [3.63, 3.8) is 0 Å². The molecule has 0 spiro atoms. The molecule has 0 aliphatic heterocycles. The Labute approximate surface area is 141 Å². The van der Waals surface area contributed by atoms with Gasteiger partial charge in [0, 0.05) is 18.3 Å². The topological polar surface area (TPSA) is 89.0 Å². The minimum Gasteiger partial charge on any atom is -0.274 e. The van der Waals surface area contributed by atoms with Crippen molar-refractivity contribution in [1.29, 1.82) is 0 Å². The van der Waals surface area contributed by atoms with E-state index in [1.807, 2.05) is 4.72 Å². The van der Waals surface area contributed by atoms with Gasteiger partial charge in [-0.15, -0.1) is 0 Å². The van der Waals surface area contributed by atoms with Gasteiger partial charge in [-0.1, -0.05) is 18.2 Å². The molecule has 1 N–H and O–H groups in total. The normalized spacial score (nSPS) is 20.1. The molecule has 0 bridgehead atoms. The zero-order valence-corrected chi connectivity index (χ0v) is 13.4. The molecular formula is C15H12F3N3O3S. The van der Waals surface area contributed by atoms with Crippen molar-refractivity contribution in [2.75, 3.05) is 0 Å². The molecule has 132 valence electrons. The molecule has 3 rings (SSSR count). The number of carbonyl (C=O) groups is 1. The summed E-state index contributed by atoms with van der Waals surface area (Å²) in [6.07, 6.45) is -0.749. The fourth-order valence-electron chi connectivity index (χ4n) is 2.48. The van der Waals surface area contributed by atoms with Crippen LogP contribution < -0.4 is 4.72 Å². The van der Waals surface area contributed by atoms with Gasteiger partial charge >= 0.3 is 6.18 Å². The number of amides is 1. The van der Waals surface area contributed by atoms with E-state index in [1.165, 1.54) is 24.5 Å². The maximum atomic E-state index is 12.7. The number of rotatable bonds is 4. The zero-order chi connectivity index (χ0) is 18.2. The number of aromatic nitrogens is 2. The monoisotopic (exact) mass is 371 g/mol. The maximum absolute atomic E-state index is 12.7. The van der Waals surface area contributed by atoms with Crippen molar-refractivity contribution in [1.82, 2.24) is 14.7 Å². The second-order valence-corrected chi connectivity index (χ2v) is 7.21. The molecule has 1 saturated carbocycles. The highest BCUT2D eigenvalue weighted by molar-refractivity contribution is 7.90. The molecular weight excluding hydrogens is 359 g/mol. The molecule has 25 heavy (non-hydrogen) atoms. The lowest BCUT2D eigenvalue weighted by Gasteiger charge is -2.09. The van der Waals surface area contributed by atoms with Crippen molar-refractivity contribution in [2.45, 2.75) is 23.5 Å². The van der Waals surface area contributed by atoms with E-state index in [9.17, 15) is 26.4 Å². The highest BCUT2D eigenvalue weighted by Gasteiger charge is 2.46. The number of hydrogen-bond acceptors (Lipinski definition) is 5. The number of nitrogens with one attached hydrogen (secondary N) is 1. The predicted molar refractivity (Wildman–Crippen MR) is 79.7 cm³/mol. The third-order valence-corrected chi connectivity index (χ3v) is 5.05. The van der Waals surface area contributed by atoms with Crippen LogP contribution in [0.4, 0.5) is 13.2 Å². The van der Waals surface area contributed by atoms with Crippen LogP contribution in [0.15, 0.2) is 47.9 Å². The van der Waals surface area contributed by atoms with Crippen molar-refractivity contribution in [2.24, 2.45) is 5.92 Å². The summed E-state index contributed by atoms with van der Waals surface area (Å²) in [7, 11) is -4.15. The summed E-state index contributed by atoms with van der Waals surface area (Å²) in [6.45, 7) is 0. The number of halogens is 3. The lowest BCUT2D eigenvalue weighted by molar-refractivity contribution is -0.137. The Kier molecular flexibility index (Phi) is 4.23. The van der Waals surface area contributed by atoms with Crippen LogP contribution in [0.3, 0.4) is 0 Å². The van der Waals surface area contributed by atoms with Crippen LogP contribution in [0.1, 0.15) is 23.5 Å². The fourth-order valence-corrected chi connectivity index (χ4v) is 3.40. The van der Waals surface area contributed by atoms with Crippen LogP contribution in [0.25, 0.3) is 0 Å². The summed E-state index contributed by atoms with van der Waals surface area (Å²) in [5, 5.41) is -0.403. The summed E-state index contributed by atoms with van der Waals surface area (Å²) in [6, 6.07) is 4.68. The maximum Gasteiger partial charge on any atom is 0.416 e. The van der Waals surface area contributed by atoms with Crippen molar-refractivity contribution < 1.29 is 26.4 Å². The molecule has 2 aromatic rings. The quantitative estimate of drug-likeness (QED) is 0.889. The Hall–Kier alpha value is -2.49. The van der Waals surface area contributed by atoms with Gasteiger partial charge in [0.25, 0.3) is 10.0 Å². The third-order valence-electron chi connectivity index (χ3n) is 3.82. The standard InChI is InChI=1S/C15H12F3N3O3S/c16-15(17,18)10-3-1-2-9(6-10)11-7-12(11)14(22)21-25(23,24)13-8-19-4-5-20-13/h1-6,8,11-12H,7H2,(H,21,22)/t11-,12-/m0/s1. The third kappa shape index (κ3) is 3.78. The van der Waals surface area contributed by atoms with Crippen LogP contribution >= 0.6 is 0 Å². The van der Waals surface area contributed by atoms with E-state index >= 15 is 0 Å². The van der Waals surface area contributed by atoms with E-state index in [1.54, 1.807) is 0 Å². The molecule has 10 heteroatoms. The summed E-state index contributed by atoms with van der Waals surface area (Å²) in [5.41, 5.74) is -0.449. The van der Waals surface area contributed by atoms with Crippen LogP contribution in [0.2, 0.25) is 0 Å². The number of nitrogens with zero attached hydrogens (tertiary/aromatic N) is 2. The highest BCUT2D eigenvalue weighted by atomic mass is 32.2. The summed E-state index contributed by atoms with van der Waals surface area (Å²) in [5.74, 6) is -1.91. The van der Waals surface area contributed by atoms with Gasteiger partial charge in [0.05, 0.1) is 11.8 Å². The smallest absolute Gasteiger partial charge is 0.274 e. The number of alkyl halides is 3. The number of hydrogen-bond donors (Lipinski definition) is 1. The Balaban J connectivity index is 1.71. The van der Waals surface area contributed by atoms with Gasteiger partial charge in [0.15, 0.2) is 5.03 Å². The predicted octanol–water partition coefficient (Wildman–Crippen LogP) is 2.10. The highest BCUT2D eigenvalue weighted by Crippen LogP contribution is 2.48. The van der Waals surface area contributed by atoms with Crippen LogP contribution in [0, 0.1) is 5.92 Å². The Morgan fingerprint density at radius 3 is 2.64 bits per heavy atom. The van der Waals surface area contributed by atoms with E-state index in [0.717, 1.165) is 18.3 Å². The first-order valence-corrected chi connectivity index (χ1v) is 8.66. The first kappa shape index (κ1) is 17.3. The SMILES string of the molecule is O=C(NS(=O)(=O)c1cnccn1)[C@H]1C[C@H]1c1cccc(C(F)(F)F)c1. The number of benzene rings is 1. The van der Waals surface area contributed by atoms with Crippen LogP contribution in [-0.4, -0.2) is 24.3 Å². The average molecular weight is 371 g/mol. The van der Waals surface area contributed by atoms with Crippen molar-refractivity contribution in [3.05, 3.63) is 54.0 Å². The van der Waals surface area contributed by atoms with E-state index in [-0.39, 0.29) is 6.42 Å². The first-order chi connectivity index (χ1) is 11.7. The second kappa shape index (κ2) is 6.10. The van der Waals surface area contributed by atoms with Gasteiger partial charge in [-0.05, 0) is 24.0 Å². The minimum absolute atomic E-state index is 0.281. The lowest BCUT2D eigenvalue weighted by Crippen LogP contribution is -2.32. The van der Waals surface area contributed by atoms with Gasteiger partial charge in [-0.2, -0.15) is 21.6 Å². The largest absolute Gasteiger partial charge is 0.416 e. The zero-order valence-electron chi connectivity index (χ0n) is 12.6. The van der Waals surface area contributed by atoms with E-state index in [4.69, 9.17) is 0 Å².